The molecular weight excluding hydrogens is 306 g/mol. The van der Waals surface area contributed by atoms with E-state index in [0.29, 0.717) is 18.2 Å². The number of methoxy groups -OCH3 is 1. The van der Waals surface area contributed by atoms with Gasteiger partial charge in [-0.3, -0.25) is 9.89 Å². The fourth-order valence-electron chi connectivity index (χ4n) is 2.87. The molecule has 0 unspecified atom stereocenters. The van der Waals surface area contributed by atoms with Crippen molar-refractivity contribution in [3.05, 3.63) is 36.0 Å². The fourth-order valence-corrected chi connectivity index (χ4v) is 2.87. The maximum absolute atomic E-state index is 12.2. The van der Waals surface area contributed by atoms with E-state index in [9.17, 15) is 4.79 Å². The van der Waals surface area contributed by atoms with E-state index in [2.05, 4.69) is 15.5 Å². The number of benzene rings is 1. The molecule has 2 aromatic rings. The van der Waals surface area contributed by atoms with E-state index in [1.54, 1.807) is 13.2 Å². The number of amides is 1. The molecule has 1 aromatic heterocycles. The number of ether oxygens (including phenoxy) is 2. The van der Waals surface area contributed by atoms with E-state index in [-0.39, 0.29) is 5.91 Å². The van der Waals surface area contributed by atoms with Crippen molar-refractivity contribution in [3.8, 4) is 17.0 Å². The predicted molar refractivity (Wildman–Crippen MR) is 91.1 cm³/mol. The number of carbonyl (C=O) groups excluding carboxylic acids is 1. The molecule has 24 heavy (non-hydrogen) atoms. The van der Waals surface area contributed by atoms with Crippen LogP contribution < -0.4 is 10.1 Å². The minimum Gasteiger partial charge on any atom is -0.497 e. The van der Waals surface area contributed by atoms with Gasteiger partial charge in [0.15, 0.2) is 0 Å². The summed E-state index contributed by atoms with van der Waals surface area (Å²) in [4.78, 5) is 12.2. The number of aromatic amines is 1. The summed E-state index contributed by atoms with van der Waals surface area (Å²) in [7, 11) is 1.63. The number of H-pyrrole nitrogens is 1. The van der Waals surface area contributed by atoms with Gasteiger partial charge in [-0.15, -0.1) is 0 Å². The largest absolute Gasteiger partial charge is 0.497 e. The van der Waals surface area contributed by atoms with E-state index >= 15 is 0 Å². The molecule has 1 fully saturated rings. The molecule has 1 atom stereocenters. The van der Waals surface area contributed by atoms with Crippen LogP contribution in [0.1, 0.15) is 29.8 Å². The second kappa shape index (κ2) is 7.97. The second-order valence-corrected chi connectivity index (χ2v) is 6.02. The van der Waals surface area contributed by atoms with Crippen LogP contribution in [-0.4, -0.2) is 43.0 Å². The number of rotatable bonds is 6. The zero-order valence-corrected chi connectivity index (χ0v) is 13.9. The number of carbonyl (C=O) groups is 1. The van der Waals surface area contributed by atoms with Gasteiger partial charge in [0.2, 0.25) is 0 Å². The molecule has 0 radical (unpaired) electrons. The molecule has 6 heteroatoms. The van der Waals surface area contributed by atoms with Crippen molar-refractivity contribution in [1.29, 1.82) is 0 Å². The molecule has 2 N–H and O–H groups in total. The lowest BCUT2D eigenvalue weighted by molar-refractivity contribution is 0.0514. The summed E-state index contributed by atoms with van der Waals surface area (Å²) in [6.07, 6.45) is 3.25. The zero-order valence-electron chi connectivity index (χ0n) is 13.9. The molecule has 2 heterocycles. The number of hydrogen-bond donors (Lipinski definition) is 2. The average Bonchev–Trinajstić information content (AvgIpc) is 3.13. The van der Waals surface area contributed by atoms with E-state index in [1.165, 1.54) is 6.42 Å². The molecule has 0 aliphatic carbocycles. The first-order chi connectivity index (χ1) is 11.8. The Morgan fingerprint density at radius 1 is 1.42 bits per heavy atom. The maximum atomic E-state index is 12.2. The first-order valence-corrected chi connectivity index (χ1v) is 8.32. The van der Waals surface area contributed by atoms with Crippen molar-refractivity contribution in [3.63, 3.8) is 0 Å². The zero-order chi connectivity index (χ0) is 16.8. The Hall–Kier alpha value is -2.34. The first-order valence-electron chi connectivity index (χ1n) is 8.32. The van der Waals surface area contributed by atoms with Gasteiger partial charge in [0, 0.05) is 25.3 Å². The monoisotopic (exact) mass is 329 g/mol. The van der Waals surface area contributed by atoms with Crippen LogP contribution in [0.4, 0.5) is 0 Å². The molecule has 3 rings (SSSR count). The lowest BCUT2D eigenvalue weighted by atomic mass is 9.99. The topological polar surface area (TPSA) is 76.2 Å². The van der Waals surface area contributed by atoms with Gasteiger partial charge in [-0.25, -0.2) is 0 Å². The molecule has 1 aromatic carbocycles. The molecule has 0 spiro atoms. The number of aromatic nitrogens is 2. The second-order valence-electron chi connectivity index (χ2n) is 6.02. The molecular formula is C18H23N3O3. The molecule has 0 saturated carbocycles. The van der Waals surface area contributed by atoms with E-state index in [1.807, 2.05) is 24.3 Å². The van der Waals surface area contributed by atoms with Crippen molar-refractivity contribution >= 4 is 5.91 Å². The summed E-state index contributed by atoms with van der Waals surface area (Å²) < 4.78 is 10.6. The highest BCUT2D eigenvalue weighted by Crippen LogP contribution is 2.21. The van der Waals surface area contributed by atoms with Crippen LogP contribution in [0.5, 0.6) is 5.75 Å². The third-order valence-electron chi connectivity index (χ3n) is 4.30. The first kappa shape index (κ1) is 16.5. The Balaban J connectivity index is 1.53. The van der Waals surface area contributed by atoms with Gasteiger partial charge in [0.1, 0.15) is 11.4 Å². The van der Waals surface area contributed by atoms with Crippen LogP contribution in [0.25, 0.3) is 11.3 Å². The molecule has 1 amide bonds. The van der Waals surface area contributed by atoms with Crippen LogP contribution in [0.15, 0.2) is 30.3 Å². The van der Waals surface area contributed by atoms with Gasteiger partial charge in [0.05, 0.1) is 12.8 Å². The SMILES string of the molecule is COc1ccc(-c2cc(C(=O)NCC[C@@H]3CCCOC3)[nH]n2)cc1. The Kier molecular flexibility index (Phi) is 5.48. The summed E-state index contributed by atoms with van der Waals surface area (Å²) in [5.41, 5.74) is 2.15. The summed E-state index contributed by atoms with van der Waals surface area (Å²) in [5, 5.41) is 9.96. The molecule has 128 valence electrons. The average molecular weight is 329 g/mol. The molecule has 0 bridgehead atoms. The van der Waals surface area contributed by atoms with Crippen molar-refractivity contribution < 1.29 is 14.3 Å². The predicted octanol–water partition coefficient (Wildman–Crippen LogP) is 2.63. The van der Waals surface area contributed by atoms with Crippen molar-refractivity contribution in [2.75, 3.05) is 26.9 Å². The van der Waals surface area contributed by atoms with E-state index < -0.39 is 0 Å². The standard InChI is InChI=1S/C18H23N3O3/c1-23-15-6-4-14(5-7-15)16-11-17(21-20-16)18(22)19-9-8-13-3-2-10-24-12-13/h4-7,11,13H,2-3,8-10,12H2,1H3,(H,19,22)(H,20,21)/t13-/m0/s1. The van der Waals surface area contributed by atoms with Crippen molar-refractivity contribution in [2.24, 2.45) is 5.92 Å². The summed E-state index contributed by atoms with van der Waals surface area (Å²) >= 11 is 0. The molecule has 1 aliphatic heterocycles. The van der Waals surface area contributed by atoms with Gasteiger partial charge in [-0.05, 0) is 55.5 Å². The third kappa shape index (κ3) is 4.14. The maximum Gasteiger partial charge on any atom is 0.269 e. The fraction of sp³-hybridized carbons (Fsp3) is 0.444. The van der Waals surface area contributed by atoms with E-state index in [4.69, 9.17) is 9.47 Å². The number of nitrogens with zero attached hydrogens (tertiary/aromatic N) is 1. The summed E-state index contributed by atoms with van der Waals surface area (Å²) in [5.74, 6) is 1.22. The Labute approximate surface area is 141 Å². The highest BCUT2D eigenvalue weighted by Gasteiger charge is 2.15. The Morgan fingerprint density at radius 3 is 2.96 bits per heavy atom. The van der Waals surface area contributed by atoms with Crippen molar-refractivity contribution in [2.45, 2.75) is 19.3 Å². The molecule has 1 aliphatic rings. The van der Waals surface area contributed by atoms with E-state index in [0.717, 1.165) is 43.1 Å². The van der Waals surface area contributed by atoms with Gasteiger partial charge in [-0.2, -0.15) is 5.10 Å². The summed E-state index contributed by atoms with van der Waals surface area (Å²) in [6.45, 7) is 2.33. The normalized spacial score (nSPS) is 17.5. The lowest BCUT2D eigenvalue weighted by Gasteiger charge is -2.21. The Bertz CT molecular complexity index is 660. The van der Waals surface area contributed by atoms with Crippen LogP contribution in [0.2, 0.25) is 0 Å². The summed E-state index contributed by atoms with van der Waals surface area (Å²) in [6, 6.07) is 9.34. The Morgan fingerprint density at radius 2 is 2.25 bits per heavy atom. The number of nitrogens with one attached hydrogen (secondary N) is 2. The van der Waals surface area contributed by atoms with Gasteiger partial charge in [0.25, 0.3) is 5.91 Å². The highest BCUT2D eigenvalue weighted by atomic mass is 16.5. The van der Waals surface area contributed by atoms with Crippen LogP contribution in [0.3, 0.4) is 0 Å². The quantitative estimate of drug-likeness (QED) is 0.854. The highest BCUT2D eigenvalue weighted by molar-refractivity contribution is 5.93. The van der Waals surface area contributed by atoms with Crippen LogP contribution in [0, 0.1) is 5.92 Å². The minimum absolute atomic E-state index is 0.126. The third-order valence-corrected chi connectivity index (χ3v) is 4.30. The van der Waals surface area contributed by atoms with Gasteiger partial charge < -0.3 is 14.8 Å². The van der Waals surface area contributed by atoms with Crippen molar-refractivity contribution in [1.82, 2.24) is 15.5 Å². The number of hydrogen-bond acceptors (Lipinski definition) is 4. The van der Waals surface area contributed by atoms with Crippen LogP contribution >= 0.6 is 0 Å². The smallest absolute Gasteiger partial charge is 0.269 e. The van der Waals surface area contributed by atoms with Gasteiger partial charge >= 0.3 is 0 Å². The molecule has 1 saturated heterocycles. The van der Waals surface area contributed by atoms with Gasteiger partial charge in [-0.1, -0.05) is 0 Å². The molecule has 6 nitrogen and oxygen atoms in total. The minimum atomic E-state index is -0.126. The van der Waals surface area contributed by atoms with Crippen LogP contribution in [-0.2, 0) is 4.74 Å². The lowest BCUT2D eigenvalue weighted by Crippen LogP contribution is -2.28.